The number of carbonyl (C=O) groups is 2. The van der Waals surface area contributed by atoms with E-state index in [2.05, 4.69) is 60.6 Å². The van der Waals surface area contributed by atoms with Crippen molar-refractivity contribution in [2.24, 2.45) is 45.8 Å². The van der Waals surface area contributed by atoms with Gasteiger partial charge in [0.05, 0.1) is 0 Å². The van der Waals surface area contributed by atoms with Crippen molar-refractivity contribution in [3.8, 4) is 0 Å². The molecule has 0 radical (unpaired) electrons. The molecule has 4 aliphatic carbocycles. The first-order chi connectivity index (χ1) is 14.4. The van der Waals surface area contributed by atoms with Gasteiger partial charge in [-0.05, 0) is 101 Å². The van der Waals surface area contributed by atoms with Crippen LogP contribution < -0.4 is 0 Å². The highest BCUT2D eigenvalue weighted by atomic mass is 16.1. The molecule has 31 heavy (non-hydrogen) atoms. The predicted molar refractivity (Wildman–Crippen MR) is 128 cm³/mol. The topological polar surface area (TPSA) is 34.1 Å². The van der Waals surface area contributed by atoms with Gasteiger partial charge in [0.1, 0.15) is 11.6 Å². The molecule has 2 heteroatoms. The second-order valence-corrected chi connectivity index (χ2v) is 12.7. The Balaban J connectivity index is 1.59. The number of carbonyl (C=O) groups excluding carboxylic acids is 2. The van der Waals surface area contributed by atoms with Crippen LogP contribution in [0.5, 0.6) is 0 Å². The summed E-state index contributed by atoms with van der Waals surface area (Å²) < 4.78 is 0. The Bertz CT molecular complexity index is 826. The molecule has 7 atom stereocenters. The van der Waals surface area contributed by atoms with Gasteiger partial charge in [0.2, 0.25) is 0 Å². The van der Waals surface area contributed by atoms with E-state index < -0.39 is 0 Å². The van der Waals surface area contributed by atoms with Crippen molar-refractivity contribution in [2.75, 3.05) is 0 Å². The lowest BCUT2D eigenvalue weighted by molar-refractivity contribution is -0.132. The Morgan fingerprint density at radius 3 is 2.48 bits per heavy atom. The van der Waals surface area contributed by atoms with Gasteiger partial charge in [-0.1, -0.05) is 44.1 Å². The molecule has 4 aliphatic rings. The first kappa shape index (κ1) is 23.0. The second-order valence-electron chi connectivity index (χ2n) is 12.7. The van der Waals surface area contributed by atoms with Crippen LogP contribution in [0.2, 0.25) is 0 Å². The van der Waals surface area contributed by atoms with Gasteiger partial charge in [0, 0.05) is 24.2 Å². The number of hydrogen-bond acceptors (Lipinski definition) is 2. The molecule has 3 fully saturated rings. The number of fused-ring (bicyclic) bond motifs is 5. The van der Waals surface area contributed by atoms with E-state index in [9.17, 15) is 9.59 Å². The molecule has 2 nitrogen and oxygen atoms in total. The highest BCUT2D eigenvalue weighted by Crippen LogP contribution is 2.68. The Kier molecular flexibility index (Phi) is 5.71. The molecule has 172 valence electrons. The highest BCUT2D eigenvalue weighted by Gasteiger charge is 2.61. The van der Waals surface area contributed by atoms with Gasteiger partial charge in [-0.3, -0.25) is 9.59 Å². The molecule has 0 N–H and O–H groups in total. The number of Topliss-reactive ketones (excluding diaryl/α,β-unsaturated/α-hetero) is 2. The van der Waals surface area contributed by atoms with E-state index in [1.807, 2.05) is 0 Å². The molecular formula is C29H44O2. The van der Waals surface area contributed by atoms with Crippen LogP contribution in [-0.2, 0) is 9.59 Å². The van der Waals surface area contributed by atoms with Crippen molar-refractivity contribution in [2.45, 2.75) is 99.8 Å². The first-order valence-corrected chi connectivity index (χ1v) is 12.8. The Morgan fingerprint density at radius 2 is 1.81 bits per heavy atom. The van der Waals surface area contributed by atoms with Gasteiger partial charge in [-0.25, -0.2) is 0 Å². The Hall–Kier alpha value is -1.18. The first-order valence-electron chi connectivity index (χ1n) is 12.8. The molecule has 0 aliphatic heterocycles. The fourth-order valence-electron chi connectivity index (χ4n) is 8.80. The van der Waals surface area contributed by atoms with Crippen molar-refractivity contribution < 1.29 is 9.59 Å². The van der Waals surface area contributed by atoms with Crippen molar-refractivity contribution in [3.05, 3.63) is 23.3 Å². The molecular weight excluding hydrogens is 380 g/mol. The lowest BCUT2D eigenvalue weighted by Crippen LogP contribution is -2.54. The molecule has 0 saturated heterocycles. The van der Waals surface area contributed by atoms with Crippen molar-refractivity contribution in [1.82, 2.24) is 0 Å². The van der Waals surface area contributed by atoms with E-state index in [1.54, 1.807) is 0 Å². The van der Waals surface area contributed by atoms with Gasteiger partial charge in [-0.15, -0.1) is 0 Å². The van der Waals surface area contributed by atoms with Gasteiger partial charge in [0.15, 0.2) is 0 Å². The average Bonchev–Trinajstić information content (AvgIpc) is 3.06. The van der Waals surface area contributed by atoms with Crippen LogP contribution in [0.4, 0.5) is 0 Å². The van der Waals surface area contributed by atoms with Gasteiger partial charge in [-0.2, -0.15) is 0 Å². The van der Waals surface area contributed by atoms with Crippen molar-refractivity contribution in [3.63, 3.8) is 0 Å². The smallest absolute Gasteiger partial charge is 0.142 e. The van der Waals surface area contributed by atoms with E-state index in [0.29, 0.717) is 35.2 Å². The molecule has 0 unspecified atom stereocenters. The monoisotopic (exact) mass is 424 g/mol. The van der Waals surface area contributed by atoms with Gasteiger partial charge in [0.25, 0.3) is 0 Å². The Morgan fingerprint density at radius 1 is 1.10 bits per heavy atom. The summed E-state index contributed by atoms with van der Waals surface area (Å²) in [4.78, 5) is 25.7. The second kappa shape index (κ2) is 7.70. The zero-order valence-electron chi connectivity index (χ0n) is 21.0. The van der Waals surface area contributed by atoms with Crippen LogP contribution in [0.3, 0.4) is 0 Å². The van der Waals surface area contributed by atoms with Crippen LogP contribution in [-0.4, -0.2) is 11.6 Å². The van der Waals surface area contributed by atoms with Gasteiger partial charge >= 0.3 is 0 Å². The van der Waals surface area contributed by atoms with Crippen LogP contribution >= 0.6 is 0 Å². The molecule has 0 aromatic carbocycles. The van der Waals surface area contributed by atoms with Crippen LogP contribution in [0.25, 0.3) is 0 Å². The fraction of sp³-hybridized carbons (Fsp3) is 0.793. The average molecular weight is 425 g/mol. The van der Waals surface area contributed by atoms with Crippen molar-refractivity contribution in [1.29, 1.82) is 0 Å². The molecule has 4 rings (SSSR count). The minimum absolute atomic E-state index is 0.165. The summed E-state index contributed by atoms with van der Waals surface area (Å²) in [6.07, 6.45) is 13.1. The normalized spacial score (nSPS) is 42.0. The maximum absolute atomic E-state index is 13.0. The third kappa shape index (κ3) is 3.42. The molecule has 0 amide bonds. The summed E-state index contributed by atoms with van der Waals surface area (Å²) in [6, 6.07) is 0. The summed E-state index contributed by atoms with van der Waals surface area (Å²) in [5.74, 6) is 3.71. The minimum Gasteiger partial charge on any atom is -0.299 e. The summed E-state index contributed by atoms with van der Waals surface area (Å²) in [7, 11) is 0. The Labute approximate surface area is 190 Å². The number of hydrogen-bond donors (Lipinski definition) is 0. The molecule has 3 saturated carbocycles. The number of rotatable bonds is 4. The summed E-state index contributed by atoms with van der Waals surface area (Å²) in [6.45, 7) is 15.7. The maximum atomic E-state index is 13.0. The zero-order chi connectivity index (χ0) is 22.8. The van der Waals surface area contributed by atoms with E-state index >= 15 is 0 Å². The van der Waals surface area contributed by atoms with E-state index in [4.69, 9.17) is 0 Å². The van der Waals surface area contributed by atoms with E-state index in [0.717, 1.165) is 31.1 Å². The third-order valence-electron chi connectivity index (χ3n) is 10.6. The van der Waals surface area contributed by atoms with Crippen LogP contribution in [0.15, 0.2) is 23.3 Å². The van der Waals surface area contributed by atoms with Crippen LogP contribution in [0, 0.1) is 45.8 Å². The van der Waals surface area contributed by atoms with Crippen LogP contribution in [0.1, 0.15) is 99.8 Å². The number of allylic oxidation sites excluding steroid dienone is 4. The molecule has 0 heterocycles. The molecule has 0 aromatic heterocycles. The van der Waals surface area contributed by atoms with Gasteiger partial charge < -0.3 is 0 Å². The predicted octanol–water partition coefficient (Wildman–Crippen LogP) is 7.33. The lowest BCUT2D eigenvalue weighted by atomic mass is 9.44. The highest BCUT2D eigenvalue weighted by molar-refractivity contribution is 5.89. The molecule has 0 aromatic rings. The van der Waals surface area contributed by atoms with E-state index in [1.165, 1.54) is 36.8 Å². The fourth-order valence-corrected chi connectivity index (χ4v) is 8.80. The van der Waals surface area contributed by atoms with Crippen molar-refractivity contribution >= 4 is 11.6 Å². The van der Waals surface area contributed by atoms with E-state index in [-0.39, 0.29) is 16.7 Å². The third-order valence-corrected chi connectivity index (χ3v) is 10.6. The quantitative estimate of drug-likeness (QED) is 0.443. The summed E-state index contributed by atoms with van der Waals surface area (Å²) >= 11 is 0. The largest absolute Gasteiger partial charge is 0.299 e. The number of ketones is 2. The molecule has 0 bridgehead atoms. The molecule has 0 spiro atoms. The zero-order valence-corrected chi connectivity index (χ0v) is 21.0. The standard InChI is InChI=1S/C29H44O2/c1-18(2)8-12-24(30)19(3)21-10-11-22-20-9-13-25-27(4,5)26(31)15-17-29(25,7)23(20)14-16-28(21,22)6/h8,13,19-23H,9-12,14-17H2,1-7H3/t19-,20-,21+,22-,23-,28+,29+/m0/s1. The lowest BCUT2D eigenvalue weighted by Gasteiger charge is -2.60. The summed E-state index contributed by atoms with van der Waals surface area (Å²) in [5, 5.41) is 0. The maximum Gasteiger partial charge on any atom is 0.142 e. The SMILES string of the molecule is CC(C)=CCC(=O)[C@@H](C)[C@H]1CC[C@H]2[C@@H]3CC=C4C(C)(C)C(=O)CC[C@]4(C)[C@H]3CC[C@]12C. The summed E-state index contributed by atoms with van der Waals surface area (Å²) in [5.41, 5.74) is 2.88. The minimum atomic E-state index is -0.289.